The lowest BCUT2D eigenvalue weighted by molar-refractivity contribution is -0.117. The normalized spacial score (nSPS) is 11.3. The molecule has 1 N–H and O–H groups in total. The smallest absolute Gasteiger partial charge is 0.246 e. The van der Waals surface area contributed by atoms with Crippen molar-refractivity contribution in [3.63, 3.8) is 0 Å². The third kappa shape index (κ3) is 4.38. The Hall–Kier alpha value is -1.87. The Labute approximate surface area is 117 Å². The average Bonchev–Trinajstić information content (AvgIpc) is 2.92. The predicted octanol–water partition coefficient (Wildman–Crippen LogP) is 3.51. The van der Waals surface area contributed by atoms with Gasteiger partial charge in [-0.2, -0.15) is 0 Å². The quantitative estimate of drug-likeness (QED) is 0.828. The predicted molar refractivity (Wildman–Crippen MR) is 81.1 cm³/mol. The highest BCUT2D eigenvalue weighted by Crippen LogP contribution is 2.13. The molecule has 0 saturated carbocycles. The van der Waals surface area contributed by atoms with Crippen LogP contribution < -0.4 is 5.32 Å². The summed E-state index contributed by atoms with van der Waals surface area (Å²) in [5.41, 5.74) is 1.98. The van der Waals surface area contributed by atoms with E-state index in [4.69, 9.17) is 0 Å². The molecule has 3 heteroatoms. The Morgan fingerprint density at radius 1 is 1.21 bits per heavy atom. The second kappa shape index (κ2) is 6.90. The summed E-state index contributed by atoms with van der Waals surface area (Å²) in [6, 6.07) is 14.2. The molecule has 0 unspecified atom stereocenters. The molecule has 1 aromatic heterocycles. The van der Waals surface area contributed by atoms with Crippen molar-refractivity contribution in [2.75, 3.05) is 6.54 Å². The van der Waals surface area contributed by atoms with Gasteiger partial charge in [-0.05, 0) is 36.4 Å². The van der Waals surface area contributed by atoms with E-state index in [0.717, 1.165) is 16.9 Å². The van der Waals surface area contributed by atoms with Crippen LogP contribution in [0.5, 0.6) is 0 Å². The molecule has 1 heterocycles. The first-order valence-corrected chi connectivity index (χ1v) is 7.17. The average molecular weight is 271 g/mol. The molecule has 19 heavy (non-hydrogen) atoms. The monoisotopic (exact) mass is 271 g/mol. The number of thiophene rings is 1. The number of nitrogens with one attached hydrogen (secondary N) is 1. The highest BCUT2D eigenvalue weighted by Gasteiger charge is 2.03. The third-order valence-corrected chi connectivity index (χ3v) is 3.62. The van der Waals surface area contributed by atoms with Gasteiger partial charge in [0.05, 0.1) is 0 Å². The van der Waals surface area contributed by atoms with E-state index in [0.29, 0.717) is 6.54 Å². The molecule has 2 nitrogen and oxygen atoms in total. The zero-order chi connectivity index (χ0) is 13.5. The van der Waals surface area contributed by atoms with Crippen LogP contribution in [0.15, 0.2) is 53.4 Å². The standard InChI is InChI=1S/C16H17NOS/c1-13(12-15-8-5-11-19-15)16(18)17-10-9-14-6-3-2-4-7-14/h2-8,11-12H,9-10H2,1H3,(H,17,18)/b13-12+. The van der Waals surface area contributed by atoms with Crippen LogP contribution in [-0.2, 0) is 11.2 Å². The van der Waals surface area contributed by atoms with Gasteiger partial charge in [0, 0.05) is 17.0 Å². The van der Waals surface area contributed by atoms with Gasteiger partial charge >= 0.3 is 0 Å². The van der Waals surface area contributed by atoms with Crippen molar-refractivity contribution < 1.29 is 4.79 Å². The molecule has 0 aliphatic rings. The summed E-state index contributed by atoms with van der Waals surface area (Å²) >= 11 is 1.63. The largest absolute Gasteiger partial charge is 0.352 e. The molecule has 0 aliphatic heterocycles. The fraction of sp³-hybridized carbons (Fsp3) is 0.188. The second-order valence-corrected chi connectivity index (χ2v) is 5.31. The van der Waals surface area contributed by atoms with Crippen molar-refractivity contribution >= 4 is 23.3 Å². The molecule has 0 spiro atoms. The number of benzene rings is 1. The van der Waals surface area contributed by atoms with Crippen LogP contribution in [0.25, 0.3) is 6.08 Å². The molecular formula is C16H17NOS. The van der Waals surface area contributed by atoms with Crippen LogP contribution in [0.2, 0.25) is 0 Å². The fourth-order valence-electron chi connectivity index (χ4n) is 1.76. The summed E-state index contributed by atoms with van der Waals surface area (Å²) in [5.74, 6) is 0.00401. The molecular weight excluding hydrogens is 254 g/mol. The lowest BCUT2D eigenvalue weighted by atomic mass is 10.1. The molecule has 0 atom stereocenters. The van der Waals surface area contributed by atoms with Crippen molar-refractivity contribution in [2.45, 2.75) is 13.3 Å². The maximum absolute atomic E-state index is 11.9. The van der Waals surface area contributed by atoms with Crippen LogP contribution in [0, 0.1) is 0 Å². The number of hydrogen-bond acceptors (Lipinski definition) is 2. The van der Waals surface area contributed by atoms with Gasteiger partial charge in [-0.3, -0.25) is 4.79 Å². The Bertz CT molecular complexity index is 543. The van der Waals surface area contributed by atoms with Crippen molar-refractivity contribution in [1.82, 2.24) is 5.32 Å². The van der Waals surface area contributed by atoms with Crippen LogP contribution in [-0.4, -0.2) is 12.5 Å². The van der Waals surface area contributed by atoms with Crippen molar-refractivity contribution in [1.29, 1.82) is 0 Å². The van der Waals surface area contributed by atoms with Crippen LogP contribution in [0.4, 0.5) is 0 Å². The lowest BCUT2D eigenvalue weighted by Crippen LogP contribution is -2.26. The minimum Gasteiger partial charge on any atom is -0.352 e. The van der Waals surface area contributed by atoms with E-state index in [-0.39, 0.29) is 5.91 Å². The summed E-state index contributed by atoms with van der Waals surface area (Å²) < 4.78 is 0. The molecule has 0 saturated heterocycles. The Morgan fingerprint density at radius 3 is 2.68 bits per heavy atom. The van der Waals surface area contributed by atoms with Gasteiger partial charge in [0.2, 0.25) is 5.91 Å². The SMILES string of the molecule is C/C(=C\c1cccs1)C(=O)NCCc1ccccc1. The van der Waals surface area contributed by atoms with Crippen LogP contribution >= 0.6 is 11.3 Å². The minimum absolute atomic E-state index is 0.00401. The first-order chi connectivity index (χ1) is 9.25. The van der Waals surface area contributed by atoms with Gasteiger partial charge in [0.1, 0.15) is 0 Å². The van der Waals surface area contributed by atoms with E-state index in [2.05, 4.69) is 17.4 Å². The van der Waals surface area contributed by atoms with E-state index >= 15 is 0 Å². The van der Waals surface area contributed by atoms with E-state index in [9.17, 15) is 4.79 Å². The van der Waals surface area contributed by atoms with Gasteiger partial charge in [0.15, 0.2) is 0 Å². The minimum atomic E-state index is 0.00401. The zero-order valence-corrected chi connectivity index (χ0v) is 11.7. The van der Waals surface area contributed by atoms with Gasteiger partial charge in [-0.1, -0.05) is 36.4 Å². The third-order valence-electron chi connectivity index (χ3n) is 2.80. The zero-order valence-electron chi connectivity index (χ0n) is 10.9. The molecule has 0 radical (unpaired) electrons. The number of amides is 1. The number of carbonyl (C=O) groups excluding carboxylic acids is 1. The highest BCUT2D eigenvalue weighted by atomic mass is 32.1. The van der Waals surface area contributed by atoms with Gasteiger partial charge in [-0.25, -0.2) is 0 Å². The lowest BCUT2D eigenvalue weighted by Gasteiger charge is -2.05. The molecule has 1 aromatic carbocycles. The molecule has 2 rings (SSSR count). The fourth-order valence-corrected chi connectivity index (χ4v) is 2.47. The molecule has 0 bridgehead atoms. The van der Waals surface area contributed by atoms with E-state index < -0.39 is 0 Å². The Balaban J connectivity index is 1.81. The Kier molecular flexibility index (Phi) is 4.93. The van der Waals surface area contributed by atoms with Crippen molar-refractivity contribution in [3.05, 3.63) is 63.9 Å². The van der Waals surface area contributed by atoms with Gasteiger partial charge in [-0.15, -0.1) is 11.3 Å². The Morgan fingerprint density at radius 2 is 2.00 bits per heavy atom. The van der Waals surface area contributed by atoms with Crippen molar-refractivity contribution in [3.8, 4) is 0 Å². The van der Waals surface area contributed by atoms with Gasteiger partial charge in [0.25, 0.3) is 0 Å². The summed E-state index contributed by atoms with van der Waals surface area (Å²) in [7, 11) is 0. The number of rotatable bonds is 5. The second-order valence-electron chi connectivity index (χ2n) is 4.33. The summed E-state index contributed by atoms with van der Waals surface area (Å²) in [6.45, 7) is 2.51. The number of carbonyl (C=O) groups is 1. The topological polar surface area (TPSA) is 29.1 Å². The summed E-state index contributed by atoms with van der Waals surface area (Å²) in [6.07, 6.45) is 2.78. The molecule has 0 aliphatic carbocycles. The van der Waals surface area contributed by atoms with Crippen LogP contribution in [0.3, 0.4) is 0 Å². The van der Waals surface area contributed by atoms with E-state index in [1.807, 2.05) is 48.7 Å². The first kappa shape index (κ1) is 13.6. The molecule has 98 valence electrons. The highest BCUT2D eigenvalue weighted by molar-refractivity contribution is 7.10. The van der Waals surface area contributed by atoms with Gasteiger partial charge < -0.3 is 5.32 Å². The summed E-state index contributed by atoms with van der Waals surface area (Å²) in [5, 5.41) is 4.95. The van der Waals surface area contributed by atoms with Crippen molar-refractivity contribution in [2.24, 2.45) is 0 Å². The van der Waals surface area contributed by atoms with E-state index in [1.54, 1.807) is 11.3 Å². The van der Waals surface area contributed by atoms with E-state index in [1.165, 1.54) is 5.56 Å². The molecule has 1 amide bonds. The first-order valence-electron chi connectivity index (χ1n) is 6.29. The maximum atomic E-state index is 11.9. The maximum Gasteiger partial charge on any atom is 0.246 e. The van der Waals surface area contributed by atoms with Crippen LogP contribution in [0.1, 0.15) is 17.4 Å². The molecule has 2 aromatic rings. The summed E-state index contributed by atoms with van der Waals surface area (Å²) in [4.78, 5) is 13.0. The molecule has 0 fully saturated rings. The number of hydrogen-bond donors (Lipinski definition) is 1.